The number of carbonyl (C=O) groups excluding carboxylic acids is 4. The van der Waals surface area contributed by atoms with Gasteiger partial charge in [-0.3, -0.25) is 37.3 Å². The van der Waals surface area contributed by atoms with E-state index < -0.39 is 97.5 Å². The Morgan fingerprint density at radius 3 is 0.792 bits per heavy atom. The van der Waals surface area contributed by atoms with Gasteiger partial charge in [0.15, 0.2) is 12.2 Å². The average Bonchev–Trinajstić information content (AvgIpc) is 1.47. The van der Waals surface area contributed by atoms with Gasteiger partial charge in [-0.05, 0) is 43.4 Å². The quantitative estimate of drug-likeness (QED) is 0.0222. The monoisotopic (exact) mass is 1410 g/mol. The zero-order chi connectivity index (χ0) is 70.9. The molecule has 0 aromatic heterocycles. The van der Waals surface area contributed by atoms with Gasteiger partial charge in [-0.15, -0.1) is 0 Å². The summed E-state index contributed by atoms with van der Waals surface area (Å²) < 4.78 is 68.5. The molecule has 0 saturated carbocycles. The van der Waals surface area contributed by atoms with Crippen LogP contribution in [0.5, 0.6) is 0 Å². The molecule has 0 bridgehead atoms. The number of ether oxygens (including phenoxy) is 4. The zero-order valence-corrected chi connectivity index (χ0v) is 64.6. The Morgan fingerprint density at radius 1 is 0.302 bits per heavy atom. The van der Waals surface area contributed by atoms with Crippen molar-refractivity contribution in [2.24, 2.45) is 17.8 Å². The highest BCUT2D eigenvalue weighted by atomic mass is 31.2. The van der Waals surface area contributed by atoms with Crippen LogP contribution in [0.4, 0.5) is 0 Å². The van der Waals surface area contributed by atoms with Gasteiger partial charge in [-0.25, -0.2) is 9.13 Å². The van der Waals surface area contributed by atoms with Gasteiger partial charge in [-0.2, -0.15) is 0 Å². The van der Waals surface area contributed by atoms with Crippen LogP contribution in [0, 0.1) is 17.8 Å². The first-order chi connectivity index (χ1) is 46.3. The largest absolute Gasteiger partial charge is 0.472 e. The molecule has 3 unspecified atom stereocenters. The molecule has 3 N–H and O–H groups in total. The van der Waals surface area contributed by atoms with E-state index in [0.717, 1.165) is 114 Å². The number of phosphoric ester groups is 2. The first-order valence-corrected chi connectivity index (χ1v) is 42.9. The van der Waals surface area contributed by atoms with Crippen LogP contribution in [0.2, 0.25) is 0 Å². The van der Waals surface area contributed by atoms with Crippen LogP contribution in [-0.4, -0.2) is 96.7 Å². The van der Waals surface area contributed by atoms with Crippen LogP contribution >= 0.6 is 15.6 Å². The predicted molar refractivity (Wildman–Crippen MR) is 391 cm³/mol. The van der Waals surface area contributed by atoms with Crippen LogP contribution in [0.15, 0.2) is 0 Å². The third-order valence-corrected chi connectivity index (χ3v) is 20.1. The van der Waals surface area contributed by atoms with E-state index in [1.807, 2.05) is 0 Å². The lowest BCUT2D eigenvalue weighted by molar-refractivity contribution is -0.161. The van der Waals surface area contributed by atoms with Gasteiger partial charge >= 0.3 is 39.5 Å². The molecular weight excluding hydrogens is 1260 g/mol. The molecule has 0 aliphatic carbocycles. The van der Waals surface area contributed by atoms with Gasteiger partial charge < -0.3 is 33.8 Å². The highest BCUT2D eigenvalue weighted by Crippen LogP contribution is 2.45. The molecule has 6 atom stereocenters. The van der Waals surface area contributed by atoms with E-state index >= 15 is 0 Å². The van der Waals surface area contributed by atoms with Gasteiger partial charge in [0.25, 0.3) is 0 Å². The number of phosphoric acid groups is 2. The van der Waals surface area contributed by atoms with E-state index in [0.29, 0.717) is 25.7 Å². The summed E-state index contributed by atoms with van der Waals surface area (Å²) in [4.78, 5) is 72.8. The van der Waals surface area contributed by atoms with Gasteiger partial charge in [0.2, 0.25) is 0 Å². The second-order valence-electron chi connectivity index (χ2n) is 28.9. The average molecular weight is 1410 g/mol. The maximum atomic E-state index is 13.1. The standard InChI is InChI=1S/C77H150O17P2/c1-8-10-11-12-13-14-15-16-17-18-19-20-21-22-23-24-25-26-31-37-46-53-60-76(81)93-72(64-87-74(79)58-51-44-36-32-27-29-34-41-48-55-68(3)4)66-91-95(83,84)89-62-71(78)63-90-96(85,86)92-67-73(65-88-75(80)59-52-45-40-39-43-50-57-70(7)9-2)94-77(82)61-54-47-38-33-28-30-35-42-49-56-69(5)6/h68-73,78H,8-67H2,1-7H3,(H,83,84)(H,85,86)/t70?,71-,72-,73-/m1/s1. The van der Waals surface area contributed by atoms with E-state index in [1.165, 1.54) is 199 Å². The summed E-state index contributed by atoms with van der Waals surface area (Å²) in [6.45, 7) is 11.8. The lowest BCUT2D eigenvalue weighted by atomic mass is 10.00. The lowest BCUT2D eigenvalue weighted by Gasteiger charge is -2.21. The van der Waals surface area contributed by atoms with Crippen LogP contribution in [0.1, 0.15) is 395 Å². The molecule has 0 amide bonds. The maximum absolute atomic E-state index is 13.1. The first kappa shape index (κ1) is 94.1. The maximum Gasteiger partial charge on any atom is 0.472 e. The topological polar surface area (TPSA) is 237 Å². The third-order valence-electron chi connectivity index (χ3n) is 18.2. The molecule has 0 radical (unpaired) electrons. The van der Waals surface area contributed by atoms with Crippen molar-refractivity contribution in [1.29, 1.82) is 0 Å². The number of esters is 4. The minimum atomic E-state index is -4.96. The van der Waals surface area contributed by atoms with Crippen molar-refractivity contribution >= 4 is 39.5 Å². The summed E-state index contributed by atoms with van der Waals surface area (Å²) in [5.74, 6) is 0.0896. The predicted octanol–water partition coefficient (Wildman–Crippen LogP) is 22.6. The normalized spacial score (nSPS) is 14.3. The van der Waals surface area contributed by atoms with Crippen LogP contribution in [0.25, 0.3) is 0 Å². The number of unbranched alkanes of at least 4 members (excludes halogenated alkanes) is 42. The lowest BCUT2D eigenvalue weighted by Crippen LogP contribution is -2.30. The second-order valence-corrected chi connectivity index (χ2v) is 31.8. The molecule has 0 rings (SSSR count). The van der Waals surface area contributed by atoms with Crippen molar-refractivity contribution in [1.82, 2.24) is 0 Å². The number of hydrogen-bond acceptors (Lipinski definition) is 15. The number of carbonyl (C=O) groups is 4. The molecule has 17 nitrogen and oxygen atoms in total. The summed E-state index contributed by atoms with van der Waals surface area (Å²) in [6, 6.07) is 0. The molecule has 0 fully saturated rings. The second kappa shape index (κ2) is 67.5. The Morgan fingerprint density at radius 2 is 0.531 bits per heavy atom. The highest BCUT2D eigenvalue weighted by molar-refractivity contribution is 7.47. The van der Waals surface area contributed by atoms with Crippen molar-refractivity contribution in [2.75, 3.05) is 39.6 Å². The smallest absolute Gasteiger partial charge is 0.462 e. The molecule has 570 valence electrons. The van der Waals surface area contributed by atoms with Crippen molar-refractivity contribution in [2.45, 2.75) is 414 Å². The molecule has 0 aliphatic rings. The molecule has 0 heterocycles. The van der Waals surface area contributed by atoms with Crippen molar-refractivity contribution < 1.29 is 80.2 Å². The number of aliphatic hydroxyl groups is 1. The summed E-state index contributed by atoms with van der Waals surface area (Å²) in [6.07, 6.45) is 54.4. The fourth-order valence-electron chi connectivity index (χ4n) is 11.7. The SMILES string of the molecule is CCCCCCCCCCCCCCCCCCCCCCCCC(=O)O[C@H](COC(=O)CCCCCCCCCCCC(C)C)COP(=O)(O)OC[C@@H](O)COP(=O)(O)OC[C@@H](COC(=O)CCCCCCCCC(C)CC)OC(=O)CCCCCCCCCCCC(C)C. The molecule has 19 heteroatoms. The first-order valence-electron chi connectivity index (χ1n) is 39.9. The number of hydrogen-bond donors (Lipinski definition) is 3. The fourth-order valence-corrected chi connectivity index (χ4v) is 13.3. The van der Waals surface area contributed by atoms with Gasteiger partial charge in [0.05, 0.1) is 26.4 Å². The summed E-state index contributed by atoms with van der Waals surface area (Å²) >= 11 is 0. The van der Waals surface area contributed by atoms with Crippen molar-refractivity contribution in [3.63, 3.8) is 0 Å². The highest BCUT2D eigenvalue weighted by Gasteiger charge is 2.30. The Bertz CT molecular complexity index is 1870. The molecule has 0 aliphatic heterocycles. The molecular formula is C77H150O17P2. The minimum Gasteiger partial charge on any atom is -0.462 e. The summed E-state index contributed by atoms with van der Waals surface area (Å²) in [7, 11) is -9.91. The molecule has 0 spiro atoms. The Hall–Kier alpha value is -1.94. The third kappa shape index (κ3) is 69.2. The van der Waals surface area contributed by atoms with Gasteiger partial charge in [0, 0.05) is 25.7 Å². The van der Waals surface area contributed by atoms with Crippen molar-refractivity contribution in [3.05, 3.63) is 0 Å². The summed E-state index contributed by atoms with van der Waals surface area (Å²) in [5.41, 5.74) is 0. The molecule has 0 saturated heterocycles. The van der Waals surface area contributed by atoms with Gasteiger partial charge in [0.1, 0.15) is 19.3 Å². The van der Waals surface area contributed by atoms with E-state index in [1.54, 1.807) is 0 Å². The number of rotatable bonds is 75. The van der Waals surface area contributed by atoms with Crippen LogP contribution in [-0.2, 0) is 65.4 Å². The molecule has 0 aromatic rings. The zero-order valence-electron chi connectivity index (χ0n) is 62.8. The Kier molecular flexibility index (Phi) is 66.2. The molecule has 0 aromatic carbocycles. The van der Waals surface area contributed by atoms with Crippen molar-refractivity contribution in [3.8, 4) is 0 Å². The van der Waals surface area contributed by atoms with E-state index in [4.69, 9.17) is 37.0 Å². The number of aliphatic hydroxyl groups excluding tert-OH is 1. The minimum absolute atomic E-state index is 0.104. The Balaban J connectivity index is 5.18. The van der Waals surface area contributed by atoms with Crippen LogP contribution in [0.3, 0.4) is 0 Å². The summed E-state index contributed by atoms with van der Waals surface area (Å²) in [5, 5.41) is 10.6. The fraction of sp³-hybridized carbons (Fsp3) is 0.948. The van der Waals surface area contributed by atoms with Crippen LogP contribution < -0.4 is 0 Å². The van der Waals surface area contributed by atoms with Gasteiger partial charge in [-0.1, -0.05) is 344 Å². The van der Waals surface area contributed by atoms with E-state index in [2.05, 4.69) is 48.5 Å². The Labute approximate surface area is 588 Å². The van der Waals surface area contributed by atoms with E-state index in [-0.39, 0.29) is 25.7 Å². The molecule has 96 heavy (non-hydrogen) atoms. The van der Waals surface area contributed by atoms with E-state index in [9.17, 15) is 43.2 Å².